The molecule has 34 heavy (non-hydrogen) atoms. The molecular weight excluding hydrogens is 435 g/mol. The second-order valence-corrected chi connectivity index (χ2v) is 9.21. The Hall–Kier alpha value is -2.94. The molecule has 3 heterocycles. The molecule has 0 unspecified atom stereocenters. The molecule has 184 valence electrons. The van der Waals surface area contributed by atoms with Crippen LogP contribution in [0.5, 0.6) is 0 Å². The normalized spacial score (nSPS) is 14.9. The van der Waals surface area contributed by atoms with Crippen LogP contribution in [0.3, 0.4) is 0 Å². The van der Waals surface area contributed by atoms with Crippen LogP contribution in [-0.4, -0.2) is 49.8 Å². The quantitative estimate of drug-likeness (QED) is 0.450. The van der Waals surface area contributed by atoms with E-state index in [1.807, 2.05) is 16.7 Å². The summed E-state index contributed by atoms with van der Waals surface area (Å²) in [7, 11) is 3.20. The van der Waals surface area contributed by atoms with Gasteiger partial charge in [-0.15, -0.1) is 0 Å². The number of aromatic nitrogens is 4. The largest absolute Gasteiger partial charge is 0.369 e. The van der Waals surface area contributed by atoms with Crippen LogP contribution >= 0.6 is 0 Å². The van der Waals surface area contributed by atoms with Gasteiger partial charge in [0.2, 0.25) is 0 Å². The van der Waals surface area contributed by atoms with Gasteiger partial charge in [-0.3, -0.25) is 18.8 Å². The maximum atomic E-state index is 13.3. The van der Waals surface area contributed by atoms with Gasteiger partial charge in [-0.2, -0.15) is 0 Å². The van der Waals surface area contributed by atoms with Gasteiger partial charge in [0, 0.05) is 52.5 Å². The van der Waals surface area contributed by atoms with E-state index in [-0.39, 0.29) is 17.1 Å². The first kappa shape index (κ1) is 24.2. The predicted molar refractivity (Wildman–Crippen MR) is 133 cm³/mol. The highest BCUT2D eigenvalue weighted by Gasteiger charge is 2.23. The summed E-state index contributed by atoms with van der Waals surface area (Å²) >= 11 is 0. The second kappa shape index (κ2) is 10.5. The zero-order chi connectivity index (χ0) is 24.2. The highest BCUT2D eigenvalue weighted by atomic mass is 19.1. The van der Waals surface area contributed by atoms with Gasteiger partial charge in [-0.25, -0.2) is 14.2 Å². The number of piperazine rings is 1. The molecule has 9 heteroatoms. The lowest BCUT2D eigenvalue weighted by Gasteiger charge is -2.36. The molecule has 0 N–H and O–H groups in total. The summed E-state index contributed by atoms with van der Waals surface area (Å²) in [5.74, 6) is 0.607. The number of halogens is 1. The summed E-state index contributed by atoms with van der Waals surface area (Å²) in [5, 5.41) is 0. The average Bonchev–Trinajstić information content (AvgIpc) is 3.20. The maximum absolute atomic E-state index is 13.3. The molecule has 3 aromatic rings. The minimum atomic E-state index is -0.357. The molecule has 1 aliphatic heterocycles. The summed E-state index contributed by atoms with van der Waals surface area (Å²) in [5.41, 5.74) is 1.36. The van der Waals surface area contributed by atoms with Gasteiger partial charge in [-0.1, -0.05) is 32.6 Å². The summed E-state index contributed by atoms with van der Waals surface area (Å²) in [6, 6.07) is 6.63. The fraction of sp³-hybridized carbons (Fsp3) is 0.560. The molecule has 8 nitrogen and oxygen atoms in total. The Bertz CT molecular complexity index is 1240. The molecule has 1 saturated heterocycles. The third-order valence-corrected chi connectivity index (χ3v) is 6.84. The van der Waals surface area contributed by atoms with Gasteiger partial charge in [0.25, 0.3) is 5.56 Å². The number of hydrogen-bond acceptors (Lipinski definition) is 5. The van der Waals surface area contributed by atoms with E-state index in [1.165, 1.54) is 47.6 Å². The Balaban J connectivity index is 1.55. The van der Waals surface area contributed by atoms with Gasteiger partial charge in [0.05, 0.1) is 6.54 Å². The summed E-state index contributed by atoms with van der Waals surface area (Å²) < 4.78 is 17.9. The zero-order valence-corrected chi connectivity index (χ0v) is 20.5. The number of benzene rings is 1. The molecule has 1 aliphatic rings. The zero-order valence-electron chi connectivity index (χ0n) is 20.5. The molecular formula is C25H35FN6O2. The van der Waals surface area contributed by atoms with Crippen LogP contribution < -0.4 is 16.1 Å². The van der Waals surface area contributed by atoms with Crippen LogP contribution in [-0.2, 0) is 27.2 Å². The molecule has 2 aromatic heterocycles. The van der Waals surface area contributed by atoms with Crippen LogP contribution in [0, 0.1) is 5.82 Å². The molecule has 0 atom stereocenters. The maximum Gasteiger partial charge on any atom is 0.332 e. The first-order valence-corrected chi connectivity index (χ1v) is 12.3. The van der Waals surface area contributed by atoms with E-state index < -0.39 is 0 Å². The summed E-state index contributed by atoms with van der Waals surface area (Å²) in [6.07, 6.45) is 5.66. The first-order chi connectivity index (χ1) is 16.4. The number of anilines is 1. The van der Waals surface area contributed by atoms with Crippen LogP contribution in [0.1, 0.15) is 44.9 Å². The Morgan fingerprint density at radius 3 is 2.26 bits per heavy atom. The fourth-order valence-electron chi connectivity index (χ4n) is 4.74. The lowest BCUT2D eigenvalue weighted by atomic mass is 10.1. The van der Waals surface area contributed by atoms with Crippen LogP contribution in [0.4, 0.5) is 10.1 Å². The topological polar surface area (TPSA) is 68.3 Å². The van der Waals surface area contributed by atoms with E-state index in [1.54, 1.807) is 7.05 Å². The molecule has 0 spiro atoms. The lowest BCUT2D eigenvalue weighted by molar-refractivity contribution is 0.240. The van der Waals surface area contributed by atoms with Crippen molar-refractivity contribution in [3.05, 3.63) is 56.7 Å². The van der Waals surface area contributed by atoms with Crippen LogP contribution in [0.15, 0.2) is 33.9 Å². The summed E-state index contributed by atoms with van der Waals surface area (Å²) in [6.45, 7) is 6.90. The molecule has 0 amide bonds. The number of rotatable bonds is 9. The fourth-order valence-corrected chi connectivity index (χ4v) is 4.74. The molecule has 0 bridgehead atoms. The number of hydrogen-bond donors (Lipinski definition) is 0. The smallest absolute Gasteiger partial charge is 0.332 e. The highest BCUT2D eigenvalue weighted by molar-refractivity contribution is 5.71. The third-order valence-electron chi connectivity index (χ3n) is 6.84. The minimum Gasteiger partial charge on any atom is -0.369 e. The standard InChI is InChI=1S/C25H35FN6O2/c1-4-5-6-7-8-13-32-21(27-23-22(32)24(33)29(3)25(34)28(23)2)18-30-14-16-31(17-15-30)20-11-9-19(26)10-12-20/h9-12H,4-8,13-18H2,1-3H3. The Morgan fingerprint density at radius 1 is 0.912 bits per heavy atom. The van der Waals surface area contributed by atoms with Crippen molar-refractivity contribution in [3.8, 4) is 0 Å². The van der Waals surface area contributed by atoms with Gasteiger partial charge in [0.1, 0.15) is 11.6 Å². The van der Waals surface area contributed by atoms with Gasteiger partial charge < -0.3 is 9.47 Å². The van der Waals surface area contributed by atoms with Crippen LogP contribution in [0.25, 0.3) is 11.2 Å². The molecule has 1 aromatic carbocycles. The van der Waals surface area contributed by atoms with Crippen molar-refractivity contribution in [2.45, 2.75) is 52.1 Å². The highest BCUT2D eigenvalue weighted by Crippen LogP contribution is 2.19. The Morgan fingerprint density at radius 2 is 1.59 bits per heavy atom. The van der Waals surface area contributed by atoms with E-state index in [0.717, 1.165) is 57.1 Å². The number of nitrogens with zero attached hydrogens (tertiary/aromatic N) is 6. The minimum absolute atomic E-state index is 0.225. The van der Waals surface area contributed by atoms with Crippen molar-refractivity contribution in [2.75, 3.05) is 31.1 Å². The van der Waals surface area contributed by atoms with Crippen molar-refractivity contribution in [1.29, 1.82) is 0 Å². The number of unbranched alkanes of at least 4 members (excludes halogenated alkanes) is 4. The molecule has 0 saturated carbocycles. The van der Waals surface area contributed by atoms with Crippen molar-refractivity contribution in [1.82, 2.24) is 23.6 Å². The molecule has 4 rings (SSSR count). The average molecular weight is 471 g/mol. The molecule has 0 aliphatic carbocycles. The number of fused-ring (bicyclic) bond motifs is 1. The van der Waals surface area contributed by atoms with E-state index >= 15 is 0 Å². The van der Waals surface area contributed by atoms with Crippen molar-refractivity contribution in [3.63, 3.8) is 0 Å². The van der Waals surface area contributed by atoms with Crippen LogP contribution in [0.2, 0.25) is 0 Å². The first-order valence-electron chi connectivity index (χ1n) is 12.3. The van der Waals surface area contributed by atoms with Gasteiger partial charge >= 0.3 is 5.69 Å². The van der Waals surface area contributed by atoms with E-state index in [4.69, 9.17) is 4.98 Å². The number of aryl methyl sites for hydroxylation is 2. The summed E-state index contributed by atoms with van der Waals surface area (Å²) in [4.78, 5) is 34.9. The van der Waals surface area contributed by atoms with Crippen molar-refractivity contribution in [2.24, 2.45) is 14.1 Å². The monoisotopic (exact) mass is 470 g/mol. The molecule has 1 fully saturated rings. The van der Waals surface area contributed by atoms with Gasteiger partial charge in [-0.05, 0) is 30.7 Å². The predicted octanol–water partition coefficient (Wildman–Crippen LogP) is 2.87. The van der Waals surface area contributed by atoms with E-state index in [0.29, 0.717) is 17.7 Å². The van der Waals surface area contributed by atoms with Gasteiger partial charge in [0.15, 0.2) is 11.2 Å². The Labute approximate surface area is 199 Å². The van der Waals surface area contributed by atoms with Crippen molar-refractivity contribution >= 4 is 16.9 Å². The van der Waals surface area contributed by atoms with Crippen molar-refractivity contribution < 1.29 is 4.39 Å². The third kappa shape index (κ3) is 4.94. The second-order valence-electron chi connectivity index (χ2n) is 9.21. The SMILES string of the molecule is CCCCCCCn1c(CN2CCN(c3ccc(F)cc3)CC2)nc2c1c(=O)n(C)c(=O)n2C. The lowest BCUT2D eigenvalue weighted by Crippen LogP contribution is -2.46. The Kier molecular flexibility index (Phi) is 7.50. The molecule has 0 radical (unpaired) electrons. The number of imidazole rings is 1. The van der Waals surface area contributed by atoms with E-state index in [2.05, 4.69) is 16.7 Å². The van der Waals surface area contributed by atoms with E-state index in [9.17, 15) is 14.0 Å².